The molecule has 0 spiro atoms. The van der Waals surface area contributed by atoms with Crippen LogP contribution in [-0.2, 0) is 10.0 Å². The maximum Gasteiger partial charge on any atom is 0.211 e. The van der Waals surface area contributed by atoms with Gasteiger partial charge >= 0.3 is 0 Å². The minimum atomic E-state index is -3.10. The Labute approximate surface area is 129 Å². The Morgan fingerprint density at radius 2 is 2.05 bits per heavy atom. The summed E-state index contributed by atoms with van der Waals surface area (Å²) in [5, 5.41) is 3.24. The topological polar surface area (TPSA) is 73.8 Å². The summed E-state index contributed by atoms with van der Waals surface area (Å²) in [5.41, 5.74) is 0. The molecule has 0 atom stereocenters. The van der Waals surface area contributed by atoms with Crippen molar-refractivity contribution in [3.8, 4) is 0 Å². The normalized spacial score (nSPS) is 12.2. The molecule has 0 bridgehead atoms. The molecule has 0 unspecified atom stereocenters. The predicted octanol–water partition coefficient (Wildman–Crippen LogP) is 1.18. The molecule has 0 fully saturated rings. The molecule has 0 radical (unpaired) electrons. The van der Waals surface area contributed by atoms with E-state index in [4.69, 9.17) is 0 Å². The van der Waals surface area contributed by atoms with Crippen LogP contribution in [0.3, 0.4) is 0 Å². The van der Waals surface area contributed by atoms with Gasteiger partial charge in [-0.05, 0) is 33.1 Å². The summed E-state index contributed by atoms with van der Waals surface area (Å²) in [7, 11) is -1.09. The van der Waals surface area contributed by atoms with Crippen molar-refractivity contribution >= 4 is 16.0 Å². The molecule has 2 N–H and O–H groups in total. The molecule has 0 aliphatic heterocycles. The first-order valence-electron chi connectivity index (χ1n) is 7.54. The fourth-order valence-electron chi connectivity index (χ4n) is 1.64. The van der Waals surface area contributed by atoms with Crippen LogP contribution in [0, 0.1) is 0 Å². The first kappa shape index (κ1) is 19.9. The zero-order chi connectivity index (χ0) is 16.1. The standard InChI is InChI=1S/C14H30N4O2S/c1-5-8-9-13-18(4)14(15-6-2)16-11-10-12-17-21(19,20)7-3/h5,17H,1,6-13H2,2-4H3,(H,15,16). The molecular formula is C14H30N4O2S. The molecule has 0 aliphatic carbocycles. The third kappa shape index (κ3) is 10.3. The highest BCUT2D eigenvalue weighted by Gasteiger charge is 2.06. The molecule has 7 heteroatoms. The summed E-state index contributed by atoms with van der Waals surface area (Å²) < 4.78 is 25.1. The molecule has 0 aromatic heterocycles. The highest BCUT2D eigenvalue weighted by Crippen LogP contribution is 1.95. The van der Waals surface area contributed by atoms with Crippen LogP contribution in [0.5, 0.6) is 0 Å². The fourth-order valence-corrected chi connectivity index (χ4v) is 2.30. The number of allylic oxidation sites excluding steroid dienone is 1. The van der Waals surface area contributed by atoms with Crippen molar-refractivity contribution in [2.24, 2.45) is 4.99 Å². The van der Waals surface area contributed by atoms with Crippen LogP contribution in [0.2, 0.25) is 0 Å². The Morgan fingerprint density at radius 1 is 1.33 bits per heavy atom. The maximum absolute atomic E-state index is 11.3. The number of nitrogens with one attached hydrogen (secondary N) is 2. The number of sulfonamides is 1. The molecule has 124 valence electrons. The monoisotopic (exact) mass is 318 g/mol. The van der Waals surface area contributed by atoms with Crippen LogP contribution in [0.4, 0.5) is 0 Å². The van der Waals surface area contributed by atoms with Gasteiger partial charge in [0.2, 0.25) is 10.0 Å². The van der Waals surface area contributed by atoms with Crippen molar-refractivity contribution in [3.05, 3.63) is 12.7 Å². The fraction of sp³-hybridized carbons (Fsp3) is 0.786. The lowest BCUT2D eigenvalue weighted by atomic mass is 10.3. The lowest BCUT2D eigenvalue weighted by Crippen LogP contribution is -2.39. The average Bonchev–Trinajstić information content (AvgIpc) is 2.46. The lowest BCUT2D eigenvalue weighted by Gasteiger charge is -2.21. The van der Waals surface area contributed by atoms with Crippen molar-refractivity contribution in [1.82, 2.24) is 14.9 Å². The van der Waals surface area contributed by atoms with Gasteiger partial charge in [0, 0.05) is 33.2 Å². The van der Waals surface area contributed by atoms with E-state index in [-0.39, 0.29) is 5.75 Å². The summed E-state index contributed by atoms with van der Waals surface area (Å²) >= 11 is 0. The van der Waals surface area contributed by atoms with Crippen molar-refractivity contribution < 1.29 is 8.42 Å². The van der Waals surface area contributed by atoms with E-state index in [0.717, 1.165) is 31.9 Å². The predicted molar refractivity (Wildman–Crippen MR) is 90.1 cm³/mol. The third-order valence-electron chi connectivity index (χ3n) is 2.90. The summed E-state index contributed by atoms with van der Waals surface area (Å²) in [6.07, 6.45) is 4.63. The van der Waals surface area contributed by atoms with Gasteiger partial charge in [-0.2, -0.15) is 0 Å². The Hall–Kier alpha value is -1.08. The number of guanidine groups is 1. The van der Waals surface area contributed by atoms with Gasteiger partial charge in [-0.25, -0.2) is 13.1 Å². The van der Waals surface area contributed by atoms with Crippen LogP contribution >= 0.6 is 0 Å². The zero-order valence-electron chi connectivity index (χ0n) is 13.6. The van der Waals surface area contributed by atoms with Crippen LogP contribution in [-0.4, -0.2) is 58.3 Å². The molecule has 0 saturated carbocycles. The van der Waals surface area contributed by atoms with Gasteiger partial charge in [0.05, 0.1) is 5.75 Å². The minimum absolute atomic E-state index is 0.116. The molecular weight excluding hydrogens is 288 g/mol. The summed E-state index contributed by atoms with van der Waals surface area (Å²) in [4.78, 5) is 6.59. The van der Waals surface area contributed by atoms with E-state index < -0.39 is 10.0 Å². The van der Waals surface area contributed by atoms with Gasteiger partial charge in [-0.1, -0.05) is 6.08 Å². The van der Waals surface area contributed by atoms with Crippen LogP contribution in [0.15, 0.2) is 17.6 Å². The second-order valence-electron chi connectivity index (χ2n) is 4.74. The van der Waals surface area contributed by atoms with E-state index >= 15 is 0 Å². The molecule has 0 aliphatic rings. The smallest absolute Gasteiger partial charge is 0.211 e. The number of rotatable bonds is 11. The number of aliphatic imine (C=N–C) groups is 1. The van der Waals surface area contributed by atoms with Crippen molar-refractivity contribution in [2.45, 2.75) is 33.1 Å². The SMILES string of the molecule is C=CCCCN(C)C(=NCCCNS(=O)(=O)CC)NCC. The van der Waals surface area contributed by atoms with Gasteiger partial charge < -0.3 is 10.2 Å². The molecule has 0 aromatic carbocycles. The number of hydrogen-bond donors (Lipinski definition) is 2. The van der Waals surface area contributed by atoms with Crippen molar-refractivity contribution in [1.29, 1.82) is 0 Å². The van der Waals surface area contributed by atoms with E-state index in [0.29, 0.717) is 19.5 Å². The number of nitrogens with zero attached hydrogens (tertiary/aromatic N) is 2. The van der Waals surface area contributed by atoms with Gasteiger partial charge in [0.25, 0.3) is 0 Å². The molecule has 0 saturated heterocycles. The van der Waals surface area contributed by atoms with Crippen LogP contribution < -0.4 is 10.0 Å². The second kappa shape index (κ2) is 11.6. The summed E-state index contributed by atoms with van der Waals surface area (Å²) in [5.74, 6) is 0.977. The van der Waals surface area contributed by atoms with E-state index in [1.807, 2.05) is 20.0 Å². The third-order valence-corrected chi connectivity index (χ3v) is 4.30. The summed E-state index contributed by atoms with van der Waals surface area (Å²) in [6, 6.07) is 0. The van der Waals surface area contributed by atoms with Crippen LogP contribution in [0.25, 0.3) is 0 Å². The lowest BCUT2D eigenvalue weighted by molar-refractivity contribution is 0.469. The summed E-state index contributed by atoms with van der Waals surface area (Å²) in [6.45, 7) is 10.1. The van der Waals surface area contributed by atoms with Gasteiger partial charge in [0.1, 0.15) is 0 Å². The quantitative estimate of drug-likeness (QED) is 0.260. The Kier molecular flexibility index (Phi) is 11.0. The maximum atomic E-state index is 11.3. The number of hydrogen-bond acceptors (Lipinski definition) is 3. The first-order chi connectivity index (χ1) is 9.96. The highest BCUT2D eigenvalue weighted by molar-refractivity contribution is 7.89. The first-order valence-corrected chi connectivity index (χ1v) is 9.19. The molecule has 0 rings (SSSR count). The van der Waals surface area contributed by atoms with Gasteiger partial charge in [0.15, 0.2) is 5.96 Å². The Bertz CT molecular complexity index is 407. The largest absolute Gasteiger partial charge is 0.357 e. The average molecular weight is 318 g/mol. The van der Waals surface area contributed by atoms with Crippen molar-refractivity contribution in [2.75, 3.05) is 39.0 Å². The minimum Gasteiger partial charge on any atom is -0.357 e. The second-order valence-corrected chi connectivity index (χ2v) is 6.83. The zero-order valence-corrected chi connectivity index (χ0v) is 14.4. The Balaban J connectivity index is 4.17. The molecule has 6 nitrogen and oxygen atoms in total. The molecule has 0 heterocycles. The number of unbranched alkanes of at least 4 members (excludes halogenated alkanes) is 1. The van der Waals surface area contributed by atoms with E-state index in [1.54, 1.807) is 6.92 Å². The van der Waals surface area contributed by atoms with E-state index in [1.165, 1.54) is 0 Å². The van der Waals surface area contributed by atoms with Gasteiger partial charge in [-0.15, -0.1) is 6.58 Å². The van der Waals surface area contributed by atoms with Gasteiger partial charge in [-0.3, -0.25) is 4.99 Å². The Morgan fingerprint density at radius 3 is 2.62 bits per heavy atom. The molecule has 0 amide bonds. The van der Waals surface area contributed by atoms with E-state index in [9.17, 15) is 8.42 Å². The van der Waals surface area contributed by atoms with E-state index in [2.05, 4.69) is 26.5 Å². The van der Waals surface area contributed by atoms with Crippen molar-refractivity contribution in [3.63, 3.8) is 0 Å². The van der Waals surface area contributed by atoms with Crippen LogP contribution in [0.1, 0.15) is 33.1 Å². The molecule has 0 aromatic rings. The molecule has 21 heavy (non-hydrogen) atoms. The highest BCUT2D eigenvalue weighted by atomic mass is 32.2.